The van der Waals surface area contributed by atoms with Crippen molar-refractivity contribution in [2.45, 2.75) is 33.4 Å². The van der Waals surface area contributed by atoms with Crippen molar-refractivity contribution in [2.75, 3.05) is 33.6 Å². The molecule has 8 nitrogen and oxygen atoms in total. The van der Waals surface area contributed by atoms with Crippen molar-refractivity contribution in [3.63, 3.8) is 0 Å². The summed E-state index contributed by atoms with van der Waals surface area (Å²) in [4.78, 5) is 26.6. The first-order valence-electron chi connectivity index (χ1n) is 20.9. The summed E-state index contributed by atoms with van der Waals surface area (Å²) in [7, 11) is 0. The Kier molecular flexibility index (Phi) is 18.3. The SMILES string of the molecule is CC(=O)Nc1ccc(Sc2ccc(NC(C)=O)c(-c3ccc(N)cc3Cl)c2Cl)c(Cl)c1-c1ccc(N)cc1Cl.Nc1ccc(-c2c(Cl)ccc(Sc3ccc(Cl)c(-c4ccc(N)cc4Cl)c3Cl)c2Cl)c(Cl)c1. The van der Waals surface area contributed by atoms with Gasteiger partial charge in [-0.05, 0) is 97.1 Å². The second-order valence-electron chi connectivity index (χ2n) is 15.6. The fourth-order valence-electron chi connectivity index (χ4n) is 7.28. The van der Waals surface area contributed by atoms with Gasteiger partial charge in [-0.1, -0.05) is 164 Å². The van der Waals surface area contributed by atoms with E-state index >= 15 is 0 Å². The Balaban J connectivity index is 0.000000214. The fraction of sp³-hybridized carbons (Fsp3) is 0.0385. The van der Waals surface area contributed by atoms with Crippen molar-refractivity contribution in [3.8, 4) is 44.5 Å². The molecule has 0 heterocycles. The zero-order valence-electron chi connectivity index (χ0n) is 37.3. The fourth-order valence-corrected chi connectivity index (χ4v) is 12.3. The van der Waals surface area contributed by atoms with Gasteiger partial charge >= 0.3 is 0 Å². The van der Waals surface area contributed by atoms with E-state index in [0.717, 1.165) is 9.79 Å². The molecule has 0 spiro atoms. The number of amides is 2. The van der Waals surface area contributed by atoms with E-state index in [9.17, 15) is 9.59 Å². The van der Waals surface area contributed by atoms with Gasteiger partial charge in [-0.15, -0.1) is 0 Å². The number of nitrogens with one attached hydrogen (secondary N) is 2. The molecule has 0 saturated heterocycles. The molecule has 0 fully saturated rings. The highest BCUT2D eigenvalue weighted by Crippen LogP contribution is 2.52. The quantitative estimate of drug-likeness (QED) is 0.0738. The highest BCUT2D eigenvalue weighted by molar-refractivity contribution is 7.99. The average Bonchev–Trinajstić information content (AvgIpc) is 3.29. The van der Waals surface area contributed by atoms with E-state index < -0.39 is 0 Å². The molecule has 0 aliphatic rings. The van der Waals surface area contributed by atoms with E-state index in [1.807, 2.05) is 12.1 Å². The maximum atomic E-state index is 11.9. The third-order valence-corrected chi connectivity index (χ3v) is 16.6. The van der Waals surface area contributed by atoms with Crippen LogP contribution in [0.15, 0.2) is 141 Å². The zero-order chi connectivity index (χ0) is 52.3. The molecule has 8 rings (SSSR count). The summed E-state index contributed by atoms with van der Waals surface area (Å²) in [5.74, 6) is -0.526. The lowest BCUT2D eigenvalue weighted by molar-refractivity contribution is -0.115. The summed E-state index contributed by atoms with van der Waals surface area (Å²) in [5.41, 5.74) is 31.3. The summed E-state index contributed by atoms with van der Waals surface area (Å²) in [6.07, 6.45) is 0. The Labute approximate surface area is 473 Å². The molecule has 2 amide bonds. The van der Waals surface area contributed by atoms with Crippen LogP contribution in [0.5, 0.6) is 0 Å². The lowest BCUT2D eigenvalue weighted by atomic mass is 10.0. The molecule has 0 unspecified atom stereocenters. The van der Waals surface area contributed by atoms with E-state index in [2.05, 4.69) is 10.6 Å². The summed E-state index contributed by atoms with van der Waals surface area (Å²) in [6, 6.07) is 34.7. The van der Waals surface area contributed by atoms with Crippen molar-refractivity contribution < 1.29 is 9.59 Å². The lowest BCUT2D eigenvalue weighted by Gasteiger charge is -2.19. The standard InChI is InChI=1S/C28H22Cl4N4O2S.C24H14Cl6N2S/c1-13(37)35-21-7-9-23(27(31)25(21)17-5-3-15(33)11-19(17)29)39-24-10-8-22(36-14(2)38)26(28(24)32)18-6-4-16(34)12-20(18)30;25-15-5-7-19(23(29)21(15)13-3-1-11(31)9-17(13)27)33-20-8-6-16(26)22(24(20)30)14-4-2-12(32)10-18(14)28/h3-12H,33-34H2,1-2H3,(H,35,37)(H,36,38);1-10H,31-32H2. The van der Waals surface area contributed by atoms with Gasteiger partial charge in [0.25, 0.3) is 0 Å². The van der Waals surface area contributed by atoms with Crippen LogP contribution in [0.1, 0.15) is 13.8 Å². The number of hydrogen-bond acceptors (Lipinski definition) is 8. The van der Waals surface area contributed by atoms with Crippen molar-refractivity contribution in [1.29, 1.82) is 0 Å². The molecule has 0 aliphatic carbocycles. The number of rotatable bonds is 10. The van der Waals surface area contributed by atoms with E-state index in [0.29, 0.717) is 139 Å². The lowest BCUT2D eigenvalue weighted by Crippen LogP contribution is -2.08. The molecular weight excluding hydrogens is 1160 g/mol. The smallest absolute Gasteiger partial charge is 0.221 e. The molecule has 0 radical (unpaired) electrons. The second-order valence-corrected chi connectivity index (χ2v) is 21.7. The van der Waals surface area contributed by atoms with Gasteiger partial charge < -0.3 is 33.6 Å². The Bertz CT molecular complexity index is 3250. The van der Waals surface area contributed by atoms with Crippen molar-refractivity contribution in [1.82, 2.24) is 0 Å². The number of halogens is 10. The number of anilines is 6. The van der Waals surface area contributed by atoms with Gasteiger partial charge in [0, 0.05) is 101 Å². The predicted octanol–water partition coefficient (Wildman–Crippen LogP) is 19.1. The number of hydrogen-bond donors (Lipinski definition) is 6. The van der Waals surface area contributed by atoms with Crippen LogP contribution in [0, 0.1) is 0 Å². The van der Waals surface area contributed by atoms with Crippen LogP contribution in [0.25, 0.3) is 44.5 Å². The molecule has 0 bridgehead atoms. The van der Waals surface area contributed by atoms with Crippen LogP contribution >= 0.6 is 140 Å². The van der Waals surface area contributed by atoms with Crippen molar-refractivity contribution >= 4 is 185 Å². The Morgan fingerprint density at radius 3 is 0.861 bits per heavy atom. The maximum absolute atomic E-state index is 11.9. The Morgan fingerprint density at radius 2 is 0.597 bits per heavy atom. The van der Waals surface area contributed by atoms with Gasteiger partial charge in [0.2, 0.25) is 11.8 Å². The molecule has 72 heavy (non-hydrogen) atoms. The minimum atomic E-state index is -0.263. The number of carbonyl (C=O) groups excluding carboxylic acids is 2. The molecule has 0 atom stereocenters. The topological polar surface area (TPSA) is 162 Å². The first kappa shape index (κ1) is 55.3. The van der Waals surface area contributed by atoms with Crippen LogP contribution in [0.4, 0.5) is 34.1 Å². The third-order valence-electron chi connectivity index (χ3n) is 10.4. The normalized spacial score (nSPS) is 10.9. The largest absolute Gasteiger partial charge is 0.399 e. The van der Waals surface area contributed by atoms with Crippen LogP contribution in [-0.2, 0) is 9.59 Å². The number of carbonyl (C=O) groups is 2. The van der Waals surface area contributed by atoms with Gasteiger partial charge in [-0.25, -0.2) is 0 Å². The number of nitrogen functional groups attached to an aromatic ring is 4. The summed E-state index contributed by atoms with van der Waals surface area (Å²) in [5, 5.41) is 9.80. The molecule has 0 saturated carbocycles. The molecule has 0 aromatic heterocycles. The highest BCUT2D eigenvalue weighted by Gasteiger charge is 2.24. The van der Waals surface area contributed by atoms with E-state index in [4.69, 9.17) is 139 Å². The minimum Gasteiger partial charge on any atom is -0.399 e. The Morgan fingerprint density at radius 1 is 0.347 bits per heavy atom. The monoisotopic (exact) mass is 1190 g/mol. The molecule has 8 aromatic carbocycles. The van der Waals surface area contributed by atoms with Gasteiger partial charge in [0.05, 0.1) is 61.6 Å². The van der Waals surface area contributed by atoms with Crippen molar-refractivity contribution in [3.05, 3.63) is 172 Å². The van der Waals surface area contributed by atoms with Gasteiger partial charge in [0.1, 0.15) is 0 Å². The molecular formula is C52H36Cl10N6O2S2. The predicted molar refractivity (Wildman–Crippen MR) is 312 cm³/mol. The first-order valence-corrected chi connectivity index (χ1v) is 26.3. The van der Waals surface area contributed by atoms with Gasteiger partial charge in [-0.2, -0.15) is 0 Å². The maximum Gasteiger partial charge on any atom is 0.221 e. The van der Waals surface area contributed by atoms with E-state index in [1.54, 1.807) is 109 Å². The van der Waals surface area contributed by atoms with Crippen molar-refractivity contribution in [2.24, 2.45) is 0 Å². The first-order chi connectivity index (χ1) is 34.1. The average molecular weight is 1200 g/mol. The molecule has 10 N–H and O–H groups in total. The molecule has 8 aromatic rings. The number of benzene rings is 8. The second kappa shape index (κ2) is 23.8. The zero-order valence-corrected chi connectivity index (χ0v) is 46.5. The Hall–Kier alpha value is -4.50. The van der Waals surface area contributed by atoms with E-state index in [1.165, 1.54) is 37.4 Å². The molecule has 0 aliphatic heterocycles. The molecule has 20 heteroatoms. The van der Waals surface area contributed by atoms with Crippen LogP contribution < -0.4 is 33.6 Å². The van der Waals surface area contributed by atoms with Crippen LogP contribution in [0.2, 0.25) is 50.2 Å². The van der Waals surface area contributed by atoms with E-state index in [-0.39, 0.29) is 11.8 Å². The van der Waals surface area contributed by atoms with Gasteiger partial charge in [0.15, 0.2) is 0 Å². The van der Waals surface area contributed by atoms with Crippen LogP contribution in [-0.4, -0.2) is 11.8 Å². The van der Waals surface area contributed by atoms with Gasteiger partial charge in [-0.3, -0.25) is 9.59 Å². The summed E-state index contributed by atoms with van der Waals surface area (Å²) >= 11 is 69.0. The van der Waals surface area contributed by atoms with Crippen LogP contribution in [0.3, 0.4) is 0 Å². The number of nitrogens with two attached hydrogens (primary N) is 4. The minimum absolute atomic E-state index is 0.263. The summed E-state index contributed by atoms with van der Waals surface area (Å²) in [6.45, 7) is 2.82. The highest BCUT2D eigenvalue weighted by atomic mass is 35.5. The molecule has 368 valence electrons. The third kappa shape index (κ3) is 12.5. The summed E-state index contributed by atoms with van der Waals surface area (Å²) < 4.78 is 0.